The number of amides is 3. The number of hydrogen-bond acceptors (Lipinski definition) is 6. The van der Waals surface area contributed by atoms with Gasteiger partial charge >= 0.3 is 12.1 Å². The van der Waals surface area contributed by atoms with Gasteiger partial charge in [-0.25, -0.2) is 19.6 Å². The van der Waals surface area contributed by atoms with Crippen LogP contribution in [0.5, 0.6) is 0 Å². The number of rotatable bonds is 6. The molecule has 1 unspecified atom stereocenters. The summed E-state index contributed by atoms with van der Waals surface area (Å²) in [5, 5.41) is 15.3. The highest BCUT2D eigenvalue weighted by Crippen LogP contribution is 2.38. The second kappa shape index (κ2) is 10.7. The molecule has 1 fully saturated rings. The lowest BCUT2D eigenvalue weighted by molar-refractivity contribution is 0.0980. The van der Waals surface area contributed by atoms with Crippen molar-refractivity contribution in [3.05, 3.63) is 48.2 Å². The predicted octanol–water partition coefficient (Wildman–Crippen LogP) is 3.66. The zero-order valence-corrected chi connectivity index (χ0v) is 20.2. The maximum Gasteiger partial charge on any atom is 0.407 e. The van der Waals surface area contributed by atoms with Gasteiger partial charge in [0, 0.05) is 36.4 Å². The molecule has 1 saturated heterocycles. The van der Waals surface area contributed by atoms with Crippen molar-refractivity contribution in [3.8, 4) is 11.4 Å². The van der Waals surface area contributed by atoms with Crippen molar-refractivity contribution in [2.75, 3.05) is 43.1 Å². The van der Waals surface area contributed by atoms with Gasteiger partial charge in [-0.05, 0) is 51.0 Å². The minimum atomic E-state index is -0.968. The topological polar surface area (TPSA) is 120 Å². The molecule has 2 atom stereocenters. The molecule has 0 aliphatic carbocycles. The third kappa shape index (κ3) is 5.22. The van der Waals surface area contributed by atoms with Gasteiger partial charge < -0.3 is 25.4 Å². The number of carbonyl (C=O) groups excluding carboxylic acids is 1. The van der Waals surface area contributed by atoms with Crippen molar-refractivity contribution >= 4 is 23.6 Å². The lowest BCUT2D eigenvalue weighted by Crippen LogP contribution is -2.46. The van der Waals surface area contributed by atoms with Crippen LogP contribution in [0.25, 0.3) is 11.4 Å². The summed E-state index contributed by atoms with van der Waals surface area (Å²) in [6.07, 6.45) is 1.77. The van der Waals surface area contributed by atoms with Gasteiger partial charge in [0.25, 0.3) is 0 Å². The Labute approximate surface area is 205 Å². The number of fused-ring (bicyclic) bond motifs is 1. The number of nitrogens with zero attached hydrogens (tertiary/aromatic N) is 4. The molecule has 3 heterocycles. The number of carboxylic acid groups (broad SMARTS) is 1. The van der Waals surface area contributed by atoms with Crippen LogP contribution in [0.3, 0.4) is 0 Å². The molecule has 0 saturated carbocycles. The highest BCUT2D eigenvalue weighted by molar-refractivity contribution is 5.89. The fraction of sp³-hybridized carbons (Fsp3) is 0.440. The quantitative estimate of drug-likeness (QED) is 0.540. The Morgan fingerprint density at radius 2 is 2.03 bits per heavy atom. The van der Waals surface area contributed by atoms with E-state index in [2.05, 4.69) is 29.0 Å². The number of anilines is 2. The maximum absolute atomic E-state index is 12.0. The summed E-state index contributed by atoms with van der Waals surface area (Å²) >= 11 is 0. The summed E-state index contributed by atoms with van der Waals surface area (Å²) in [4.78, 5) is 37.4. The monoisotopic (exact) mass is 480 g/mol. The lowest BCUT2D eigenvalue weighted by Gasteiger charge is -2.39. The van der Waals surface area contributed by atoms with Gasteiger partial charge in [0.15, 0.2) is 5.82 Å². The van der Waals surface area contributed by atoms with E-state index in [1.807, 2.05) is 19.1 Å². The Balaban J connectivity index is 1.78. The molecule has 3 amide bonds. The Morgan fingerprint density at radius 1 is 1.26 bits per heavy atom. The molecule has 2 aliphatic rings. The van der Waals surface area contributed by atoms with Gasteiger partial charge in [-0.15, -0.1) is 6.58 Å². The molecule has 10 heteroatoms. The van der Waals surface area contributed by atoms with E-state index in [9.17, 15) is 14.7 Å². The van der Waals surface area contributed by atoms with Gasteiger partial charge in [-0.2, -0.15) is 0 Å². The van der Waals surface area contributed by atoms with E-state index in [0.29, 0.717) is 57.2 Å². The third-order valence-electron chi connectivity index (χ3n) is 6.33. The van der Waals surface area contributed by atoms with Crippen LogP contribution < -0.4 is 15.5 Å². The Morgan fingerprint density at radius 3 is 2.69 bits per heavy atom. The zero-order chi connectivity index (χ0) is 24.9. The molecular weight excluding hydrogens is 448 g/mol. The first-order valence-corrected chi connectivity index (χ1v) is 11.9. The average molecular weight is 481 g/mol. The van der Waals surface area contributed by atoms with Crippen molar-refractivity contribution in [1.29, 1.82) is 0 Å². The molecule has 0 spiro atoms. The van der Waals surface area contributed by atoms with E-state index in [1.165, 1.54) is 4.90 Å². The summed E-state index contributed by atoms with van der Waals surface area (Å²) in [6.45, 7) is 10.6. The van der Waals surface area contributed by atoms with Crippen LogP contribution in [-0.4, -0.2) is 71.0 Å². The molecule has 0 radical (unpaired) electrons. The number of ether oxygens (including phenoxy) is 1. The minimum Gasteiger partial charge on any atom is -0.465 e. The van der Waals surface area contributed by atoms with E-state index in [1.54, 1.807) is 18.2 Å². The first-order valence-electron chi connectivity index (χ1n) is 11.9. The van der Waals surface area contributed by atoms with Gasteiger partial charge in [0.05, 0.1) is 31.0 Å². The zero-order valence-electron chi connectivity index (χ0n) is 20.2. The van der Waals surface area contributed by atoms with E-state index in [0.717, 1.165) is 22.6 Å². The summed E-state index contributed by atoms with van der Waals surface area (Å²) in [6, 6.07) is 6.75. The van der Waals surface area contributed by atoms with Crippen LogP contribution in [-0.2, 0) is 11.2 Å². The fourth-order valence-corrected chi connectivity index (χ4v) is 4.61. The van der Waals surface area contributed by atoms with E-state index in [-0.39, 0.29) is 12.1 Å². The first-order chi connectivity index (χ1) is 16.9. The lowest BCUT2D eigenvalue weighted by atomic mass is 9.95. The summed E-state index contributed by atoms with van der Waals surface area (Å²) in [5.41, 5.74) is 3.14. The minimum absolute atomic E-state index is 0.134. The number of morpholine rings is 1. The van der Waals surface area contributed by atoms with E-state index < -0.39 is 12.1 Å². The van der Waals surface area contributed by atoms with E-state index >= 15 is 0 Å². The van der Waals surface area contributed by atoms with Crippen LogP contribution in [0.15, 0.2) is 36.9 Å². The van der Waals surface area contributed by atoms with Gasteiger partial charge in [-0.1, -0.05) is 6.08 Å². The van der Waals surface area contributed by atoms with Crippen LogP contribution in [0.1, 0.15) is 37.6 Å². The number of nitrogens with one attached hydrogen (secondary N) is 2. The molecule has 4 rings (SSSR count). The van der Waals surface area contributed by atoms with Gasteiger partial charge in [-0.3, -0.25) is 4.90 Å². The number of aromatic nitrogens is 2. The van der Waals surface area contributed by atoms with E-state index in [4.69, 9.17) is 14.7 Å². The van der Waals surface area contributed by atoms with Crippen molar-refractivity contribution in [2.24, 2.45) is 0 Å². The number of benzene rings is 1. The summed E-state index contributed by atoms with van der Waals surface area (Å²) < 4.78 is 5.64. The molecule has 10 nitrogen and oxygen atoms in total. The Hall–Kier alpha value is -3.66. The van der Waals surface area contributed by atoms with Crippen molar-refractivity contribution in [2.45, 2.75) is 38.8 Å². The fourth-order valence-electron chi connectivity index (χ4n) is 4.61. The SMILES string of the molecule is C=CCC1c2nc(-c3ccc(NC(=O)NCC)cc3)nc(N3CCOC[C@@H]3C)c2CCN1C(=O)O. The van der Waals surface area contributed by atoms with Crippen molar-refractivity contribution in [1.82, 2.24) is 20.2 Å². The number of urea groups is 1. The van der Waals surface area contributed by atoms with Crippen LogP contribution in [0, 0.1) is 0 Å². The standard InChI is InChI=1S/C25H32N6O4/c1-4-6-20-21-19(11-12-31(20)25(33)34)23(30-13-14-35-15-16(30)3)29-22(28-21)17-7-9-18(10-8-17)27-24(32)26-5-2/h4,7-10,16,20H,1,5-6,11-15H2,2-3H3,(H,33,34)(H2,26,27,32)/t16-,20?/m0/s1. The van der Waals surface area contributed by atoms with Crippen molar-refractivity contribution < 1.29 is 19.4 Å². The molecule has 186 valence electrons. The molecule has 0 bridgehead atoms. The summed E-state index contributed by atoms with van der Waals surface area (Å²) in [5.74, 6) is 1.35. The van der Waals surface area contributed by atoms with Gasteiger partial charge in [0.1, 0.15) is 5.82 Å². The largest absolute Gasteiger partial charge is 0.465 e. The van der Waals surface area contributed by atoms with Crippen LogP contribution in [0.2, 0.25) is 0 Å². The molecular formula is C25H32N6O4. The third-order valence-corrected chi connectivity index (χ3v) is 6.33. The molecule has 3 N–H and O–H groups in total. The predicted molar refractivity (Wildman–Crippen MR) is 134 cm³/mol. The normalized spacial score (nSPS) is 19.6. The second-order valence-electron chi connectivity index (χ2n) is 8.68. The molecule has 35 heavy (non-hydrogen) atoms. The highest BCUT2D eigenvalue weighted by Gasteiger charge is 2.36. The van der Waals surface area contributed by atoms with Crippen molar-refractivity contribution in [3.63, 3.8) is 0 Å². The first kappa shape index (κ1) is 24.5. The summed E-state index contributed by atoms with van der Waals surface area (Å²) in [7, 11) is 0. The Bertz CT molecular complexity index is 1090. The molecule has 1 aromatic heterocycles. The van der Waals surface area contributed by atoms with Gasteiger partial charge in [0.2, 0.25) is 0 Å². The second-order valence-corrected chi connectivity index (χ2v) is 8.68. The highest BCUT2D eigenvalue weighted by atomic mass is 16.5. The average Bonchev–Trinajstić information content (AvgIpc) is 2.84. The smallest absolute Gasteiger partial charge is 0.407 e. The molecule has 2 aromatic rings. The Kier molecular flexibility index (Phi) is 7.50. The van der Waals surface area contributed by atoms with Crippen LogP contribution in [0.4, 0.5) is 21.1 Å². The number of hydrogen-bond donors (Lipinski definition) is 3. The van der Waals surface area contributed by atoms with Crippen LogP contribution >= 0.6 is 0 Å². The number of carbonyl (C=O) groups is 2. The maximum atomic E-state index is 12.0. The molecule has 2 aliphatic heterocycles. The molecule has 1 aromatic carbocycles.